The standard InChI is InChI=1S/C11H10BrClFNO/c12-5-7-1-11(16)15(6-7)10-3-8(13)2-9(14)4-10/h2-4,7H,1,5-6H2. The molecule has 2 nitrogen and oxygen atoms in total. The number of amides is 1. The van der Waals surface area contributed by atoms with Gasteiger partial charge < -0.3 is 4.90 Å². The minimum absolute atomic E-state index is 0.0196. The summed E-state index contributed by atoms with van der Waals surface area (Å²) in [5.41, 5.74) is 0.540. The fourth-order valence-corrected chi connectivity index (χ4v) is 2.48. The molecule has 0 aromatic heterocycles. The summed E-state index contributed by atoms with van der Waals surface area (Å²) >= 11 is 9.11. The van der Waals surface area contributed by atoms with E-state index in [2.05, 4.69) is 15.9 Å². The van der Waals surface area contributed by atoms with Crippen molar-refractivity contribution in [3.63, 3.8) is 0 Å². The Kier molecular flexibility index (Phi) is 3.50. The second kappa shape index (κ2) is 4.72. The zero-order valence-electron chi connectivity index (χ0n) is 8.42. The lowest BCUT2D eigenvalue weighted by Gasteiger charge is -2.16. The molecule has 0 aliphatic carbocycles. The fourth-order valence-electron chi connectivity index (χ4n) is 1.83. The molecular weight excluding hydrogens is 296 g/mol. The van der Waals surface area contributed by atoms with Gasteiger partial charge in [-0.3, -0.25) is 4.79 Å². The van der Waals surface area contributed by atoms with Gasteiger partial charge >= 0.3 is 0 Å². The van der Waals surface area contributed by atoms with Crippen LogP contribution in [0.3, 0.4) is 0 Å². The van der Waals surface area contributed by atoms with Crippen molar-refractivity contribution in [2.45, 2.75) is 6.42 Å². The Bertz CT molecular complexity index is 406. The first kappa shape index (κ1) is 11.9. The lowest BCUT2D eigenvalue weighted by molar-refractivity contribution is -0.117. The van der Waals surface area contributed by atoms with E-state index < -0.39 is 5.82 Å². The van der Waals surface area contributed by atoms with Crippen molar-refractivity contribution in [1.29, 1.82) is 0 Å². The van der Waals surface area contributed by atoms with Gasteiger partial charge in [0.25, 0.3) is 0 Å². The molecule has 0 spiro atoms. The second-order valence-corrected chi connectivity index (χ2v) is 4.94. The Hall–Kier alpha value is -0.610. The van der Waals surface area contributed by atoms with Crippen molar-refractivity contribution in [3.05, 3.63) is 29.0 Å². The number of carbonyl (C=O) groups is 1. The third-order valence-electron chi connectivity index (χ3n) is 2.58. The summed E-state index contributed by atoms with van der Waals surface area (Å²) in [6.45, 7) is 0.615. The summed E-state index contributed by atoms with van der Waals surface area (Å²) in [4.78, 5) is 13.3. The highest BCUT2D eigenvalue weighted by Gasteiger charge is 2.30. The zero-order chi connectivity index (χ0) is 11.7. The van der Waals surface area contributed by atoms with E-state index in [0.717, 1.165) is 5.33 Å². The van der Waals surface area contributed by atoms with Gasteiger partial charge in [-0.2, -0.15) is 0 Å². The smallest absolute Gasteiger partial charge is 0.227 e. The molecule has 1 heterocycles. The summed E-state index contributed by atoms with van der Waals surface area (Å²) in [7, 11) is 0. The third-order valence-corrected chi connectivity index (χ3v) is 3.72. The van der Waals surface area contributed by atoms with Crippen LogP contribution in [0, 0.1) is 11.7 Å². The Labute approximate surface area is 107 Å². The minimum Gasteiger partial charge on any atom is -0.312 e. The number of hydrogen-bond donors (Lipinski definition) is 0. The fraction of sp³-hybridized carbons (Fsp3) is 0.364. The first-order valence-corrected chi connectivity index (χ1v) is 6.42. The van der Waals surface area contributed by atoms with Crippen molar-refractivity contribution in [2.75, 3.05) is 16.8 Å². The molecule has 1 amide bonds. The van der Waals surface area contributed by atoms with E-state index in [4.69, 9.17) is 11.6 Å². The Balaban J connectivity index is 2.27. The van der Waals surface area contributed by atoms with E-state index in [1.54, 1.807) is 11.0 Å². The molecule has 1 aliphatic heterocycles. The van der Waals surface area contributed by atoms with Crippen molar-refractivity contribution in [3.8, 4) is 0 Å². The molecule has 0 saturated carbocycles. The molecule has 1 atom stereocenters. The van der Waals surface area contributed by atoms with Gasteiger partial charge in [-0.05, 0) is 24.1 Å². The molecular formula is C11H10BrClFNO. The molecule has 1 aromatic carbocycles. The normalized spacial score (nSPS) is 20.6. The molecule has 1 fully saturated rings. The molecule has 0 radical (unpaired) electrons. The quantitative estimate of drug-likeness (QED) is 0.768. The van der Waals surface area contributed by atoms with E-state index in [9.17, 15) is 9.18 Å². The van der Waals surface area contributed by atoms with E-state index in [1.807, 2.05) is 0 Å². The van der Waals surface area contributed by atoms with Crippen LogP contribution < -0.4 is 4.90 Å². The van der Waals surface area contributed by atoms with Gasteiger partial charge in [0.1, 0.15) is 5.82 Å². The van der Waals surface area contributed by atoms with Crippen LogP contribution in [-0.4, -0.2) is 17.8 Å². The van der Waals surface area contributed by atoms with Crippen molar-refractivity contribution < 1.29 is 9.18 Å². The molecule has 1 aromatic rings. The number of halogens is 3. The number of benzene rings is 1. The maximum Gasteiger partial charge on any atom is 0.227 e. The molecule has 1 unspecified atom stereocenters. The highest BCUT2D eigenvalue weighted by Crippen LogP contribution is 2.28. The number of nitrogens with zero attached hydrogens (tertiary/aromatic N) is 1. The Morgan fingerprint density at radius 1 is 1.50 bits per heavy atom. The van der Waals surface area contributed by atoms with Gasteiger partial charge in [0, 0.05) is 29.0 Å². The molecule has 0 N–H and O–H groups in total. The lowest BCUT2D eigenvalue weighted by atomic mass is 10.2. The van der Waals surface area contributed by atoms with Crippen LogP contribution in [0.5, 0.6) is 0 Å². The molecule has 0 bridgehead atoms. The monoisotopic (exact) mass is 305 g/mol. The second-order valence-electron chi connectivity index (χ2n) is 3.86. The summed E-state index contributed by atoms with van der Waals surface area (Å²) in [6, 6.07) is 4.17. The van der Waals surface area contributed by atoms with Gasteiger partial charge in [-0.25, -0.2) is 4.39 Å². The summed E-state index contributed by atoms with van der Waals surface area (Å²) in [5.74, 6) is -0.113. The van der Waals surface area contributed by atoms with Crippen molar-refractivity contribution in [2.24, 2.45) is 5.92 Å². The highest BCUT2D eigenvalue weighted by molar-refractivity contribution is 9.09. The number of rotatable bonds is 2. The summed E-state index contributed by atoms with van der Waals surface area (Å²) in [6.07, 6.45) is 0.499. The average Bonchev–Trinajstić information content (AvgIpc) is 2.58. The van der Waals surface area contributed by atoms with Crippen LogP contribution in [0.1, 0.15) is 6.42 Å². The van der Waals surface area contributed by atoms with Crippen LogP contribution in [0.2, 0.25) is 5.02 Å². The summed E-state index contributed by atoms with van der Waals surface area (Å²) in [5, 5.41) is 1.09. The van der Waals surface area contributed by atoms with E-state index in [1.165, 1.54) is 12.1 Å². The SMILES string of the molecule is O=C1CC(CBr)CN1c1cc(F)cc(Cl)c1. The zero-order valence-corrected chi connectivity index (χ0v) is 10.8. The van der Waals surface area contributed by atoms with E-state index >= 15 is 0 Å². The topological polar surface area (TPSA) is 20.3 Å². The number of anilines is 1. The molecule has 1 saturated heterocycles. The molecule has 5 heteroatoms. The maximum absolute atomic E-state index is 13.2. The average molecular weight is 307 g/mol. The maximum atomic E-state index is 13.2. The first-order valence-electron chi connectivity index (χ1n) is 4.92. The van der Waals surface area contributed by atoms with Crippen LogP contribution in [-0.2, 0) is 4.79 Å². The molecule has 86 valence electrons. The lowest BCUT2D eigenvalue weighted by Crippen LogP contribution is -2.24. The predicted octanol–water partition coefficient (Wildman–Crippen LogP) is 3.23. The van der Waals surface area contributed by atoms with Gasteiger partial charge in [-0.1, -0.05) is 27.5 Å². The van der Waals surface area contributed by atoms with Crippen molar-refractivity contribution in [1.82, 2.24) is 0 Å². The minimum atomic E-state index is -0.419. The van der Waals surface area contributed by atoms with Gasteiger partial charge in [-0.15, -0.1) is 0 Å². The number of carbonyl (C=O) groups excluding carboxylic acids is 1. The van der Waals surface area contributed by atoms with Crippen LogP contribution in [0.25, 0.3) is 0 Å². The van der Waals surface area contributed by atoms with Crippen LogP contribution >= 0.6 is 27.5 Å². The van der Waals surface area contributed by atoms with Gasteiger partial charge in [0.2, 0.25) is 5.91 Å². The largest absolute Gasteiger partial charge is 0.312 e. The molecule has 1 aliphatic rings. The van der Waals surface area contributed by atoms with Crippen LogP contribution in [0.4, 0.5) is 10.1 Å². The predicted molar refractivity (Wildman–Crippen MR) is 65.7 cm³/mol. The third kappa shape index (κ3) is 2.38. The van der Waals surface area contributed by atoms with Gasteiger partial charge in [0.15, 0.2) is 0 Å². The first-order chi connectivity index (χ1) is 7.60. The van der Waals surface area contributed by atoms with E-state index in [-0.39, 0.29) is 11.8 Å². The van der Waals surface area contributed by atoms with Crippen LogP contribution in [0.15, 0.2) is 18.2 Å². The Morgan fingerprint density at radius 2 is 2.25 bits per heavy atom. The summed E-state index contributed by atoms with van der Waals surface area (Å²) < 4.78 is 13.2. The van der Waals surface area contributed by atoms with Crippen molar-refractivity contribution >= 4 is 39.1 Å². The Morgan fingerprint density at radius 3 is 2.81 bits per heavy atom. The number of hydrogen-bond acceptors (Lipinski definition) is 1. The van der Waals surface area contributed by atoms with E-state index in [0.29, 0.717) is 23.7 Å². The van der Waals surface area contributed by atoms with Gasteiger partial charge in [0.05, 0.1) is 0 Å². The molecule has 2 rings (SSSR count). The highest BCUT2D eigenvalue weighted by atomic mass is 79.9. The molecule has 16 heavy (non-hydrogen) atoms. The number of alkyl halides is 1.